The molecule has 0 atom stereocenters. The van der Waals surface area contributed by atoms with Crippen LogP contribution in [0.5, 0.6) is 0 Å². The summed E-state index contributed by atoms with van der Waals surface area (Å²) in [4.78, 5) is 27.0. The fourth-order valence-electron chi connectivity index (χ4n) is 3.12. The van der Waals surface area contributed by atoms with Crippen LogP contribution in [-0.2, 0) is 14.8 Å². The van der Waals surface area contributed by atoms with Crippen LogP contribution in [0.4, 0.5) is 0 Å². The van der Waals surface area contributed by atoms with Gasteiger partial charge in [-0.1, -0.05) is 13.8 Å². The molecule has 0 saturated carbocycles. The Morgan fingerprint density at radius 3 is 2.25 bits per heavy atom. The summed E-state index contributed by atoms with van der Waals surface area (Å²) in [5, 5.41) is 2.87. The van der Waals surface area contributed by atoms with Crippen LogP contribution in [-0.4, -0.2) is 87.2 Å². The molecule has 1 aliphatic heterocycles. The van der Waals surface area contributed by atoms with Crippen LogP contribution < -0.4 is 5.32 Å². The number of benzene rings is 1. The van der Waals surface area contributed by atoms with Crippen molar-refractivity contribution in [1.82, 2.24) is 19.4 Å². The molecule has 1 N–H and O–H groups in total. The zero-order valence-electron chi connectivity index (χ0n) is 16.6. The largest absolute Gasteiger partial charge is 0.352 e. The molecule has 8 nitrogen and oxygen atoms in total. The number of nitrogens with zero attached hydrogens (tertiary/aromatic N) is 3. The second-order valence-corrected chi connectivity index (χ2v) is 8.64. The molecular formula is C19H30N4O4S. The molecule has 0 bridgehead atoms. The molecule has 1 aromatic carbocycles. The minimum absolute atomic E-state index is 0.158. The van der Waals surface area contributed by atoms with Gasteiger partial charge in [-0.3, -0.25) is 9.59 Å². The van der Waals surface area contributed by atoms with E-state index in [1.165, 1.54) is 28.6 Å². The minimum atomic E-state index is -3.62. The molecule has 2 rings (SSSR count). The first kappa shape index (κ1) is 22.3. The Morgan fingerprint density at radius 1 is 1.11 bits per heavy atom. The lowest BCUT2D eigenvalue weighted by Gasteiger charge is -2.31. The fraction of sp³-hybridized carbons (Fsp3) is 0.579. The monoisotopic (exact) mass is 410 g/mol. The summed E-state index contributed by atoms with van der Waals surface area (Å²) in [5.41, 5.74) is 0.438. The van der Waals surface area contributed by atoms with Crippen LogP contribution in [0.15, 0.2) is 29.2 Å². The molecule has 0 spiro atoms. The zero-order valence-corrected chi connectivity index (χ0v) is 17.5. The number of carbonyl (C=O) groups is 2. The maximum atomic E-state index is 12.7. The Kier molecular flexibility index (Phi) is 8.40. The average Bonchev–Trinajstić information content (AvgIpc) is 2.73. The van der Waals surface area contributed by atoms with E-state index in [1.807, 2.05) is 0 Å². The van der Waals surface area contributed by atoms with Crippen LogP contribution in [0.2, 0.25) is 0 Å². The number of hydrogen-bond acceptors (Lipinski definition) is 5. The van der Waals surface area contributed by atoms with Crippen molar-refractivity contribution in [2.24, 2.45) is 0 Å². The maximum absolute atomic E-state index is 12.7. The van der Waals surface area contributed by atoms with Gasteiger partial charge in [0.15, 0.2) is 0 Å². The predicted molar refractivity (Wildman–Crippen MR) is 108 cm³/mol. The van der Waals surface area contributed by atoms with Crippen molar-refractivity contribution in [2.45, 2.75) is 25.2 Å². The van der Waals surface area contributed by atoms with Crippen molar-refractivity contribution in [1.29, 1.82) is 0 Å². The van der Waals surface area contributed by atoms with Crippen LogP contribution >= 0.6 is 0 Å². The second-order valence-electron chi connectivity index (χ2n) is 6.71. The molecule has 156 valence electrons. The van der Waals surface area contributed by atoms with Gasteiger partial charge in [-0.2, -0.15) is 4.31 Å². The van der Waals surface area contributed by atoms with Crippen LogP contribution in [0.1, 0.15) is 30.6 Å². The Bertz CT molecular complexity index is 740. The Hall–Kier alpha value is -1.97. The summed E-state index contributed by atoms with van der Waals surface area (Å²) >= 11 is 0. The lowest BCUT2D eigenvalue weighted by atomic mass is 10.2. The maximum Gasteiger partial charge on any atom is 0.251 e. The molecule has 1 saturated heterocycles. The van der Waals surface area contributed by atoms with E-state index in [9.17, 15) is 18.0 Å². The van der Waals surface area contributed by atoms with Gasteiger partial charge in [-0.25, -0.2) is 8.42 Å². The van der Waals surface area contributed by atoms with Crippen molar-refractivity contribution in [3.8, 4) is 0 Å². The molecule has 2 amide bonds. The highest BCUT2D eigenvalue weighted by molar-refractivity contribution is 7.89. The highest BCUT2D eigenvalue weighted by Gasteiger charge is 2.28. The van der Waals surface area contributed by atoms with Crippen molar-refractivity contribution in [2.75, 3.05) is 52.4 Å². The van der Waals surface area contributed by atoms with E-state index in [1.54, 1.807) is 4.90 Å². The fourth-order valence-corrected chi connectivity index (χ4v) is 4.55. The van der Waals surface area contributed by atoms with Crippen LogP contribution in [0.25, 0.3) is 0 Å². The molecular weight excluding hydrogens is 380 g/mol. The molecule has 1 aliphatic rings. The molecule has 1 heterocycles. The van der Waals surface area contributed by atoms with Gasteiger partial charge < -0.3 is 15.1 Å². The number of sulfonamides is 1. The normalized spacial score (nSPS) is 15.6. The van der Waals surface area contributed by atoms with Gasteiger partial charge in [0.25, 0.3) is 5.91 Å². The van der Waals surface area contributed by atoms with E-state index < -0.39 is 10.0 Å². The quantitative estimate of drug-likeness (QED) is 0.451. The first-order chi connectivity index (χ1) is 13.4. The average molecular weight is 411 g/mol. The van der Waals surface area contributed by atoms with Gasteiger partial charge in [-0.05, 0) is 50.3 Å². The Labute approximate surface area is 167 Å². The van der Waals surface area contributed by atoms with Gasteiger partial charge in [0, 0.05) is 38.3 Å². The number of carbonyl (C=O) groups excluding carboxylic acids is 2. The van der Waals surface area contributed by atoms with Crippen LogP contribution in [0, 0.1) is 0 Å². The van der Waals surface area contributed by atoms with Crippen LogP contribution in [0.3, 0.4) is 0 Å². The van der Waals surface area contributed by atoms with Crippen molar-refractivity contribution in [3.63, 3.8) is 0 Å². The van der Waals surface area contributed by atoms with E-state index in [-0.39, 0.29) is 23.9 Å². The number of piperazine rings is 1. The SMILES string of the molecule is CCN(CC)CCCNC(=O)c1ccc(S(=O)(=O)N2CCN(C=O)CC2)cc1. The summed E-state index contributed by atoms with van der Waals surface area (Å²) < 4.78 is 26.8. The van der Waals surface area contributed by atoms with Gasteiger partial charge in [0.05, 0.1) is 4.90 Å². The molecule has 0 aliphatic carbocycles. The van der Waals surface area contributed by atoms with Gasteiger partial charge in [-0.15, -0.1) is 0 Å². The third-order valence-electron chi connectivity index (χ3n) is 5.01. The third kappa shape index (κ3) is 5.76. The third-order valence-corrected chi connectivity index (χ3v) is 6.92. The predicted octanol–water partition coefficient (Wildman–Crippen LogP) is 0.611. The van der Waals surface area contributed by atoms with Crippen molar-refractivity contribution >= 4 is 22.3 Å². The van der Waals surface area contributed by atoms with E-state index in [0.717, 1.165) is 32.5 Å². The number of amides is 2. The van der Waals surface area contributed by atoms with E-state index in [4.69, 9.17) is 0 Å². The molecule has 9 heteroatoms. The lowest BCUT2D eigenvalue weighted by molar-refractivity contribution is -0.119. The van der Waals surface area contributed by atoms with Gasteiger partial charge in [0.2, 0.25) is 16.4 Å². The second kappa shape index (κ2) is 10.5. The highest BCUT2D eigenvalue weighted by Crippen LogP contribution is 2.18. The summed E-state index contributed by atoms with van der Waals surface area (Å²) in [5.74, 6) is -0.205. The zero-order chi connectivity index (χ0) is 20.6. The standard InChI is InChI=1S/C19H30N4O4S/c1-3-21(4-2)11-5-10-20-19(25)17-6-8-18(9-7-17)28(26,27)23-14-12-22(16-24)13-15-23/h6-9,16H,3-5,10-15H2,1-2H3,(H,20,25). The summed E-state index contributed by atoms with van der Waals surface area (Å²) in [7, 11) is -3.62. The number of rotatable bonds is 10. The first-order valence-electron chi connectivity index (χ1n) is 9.72. The number of nitrogens with one attached hydrogen (secondary N) is 1. The highest BCUT2D eigenvalue weighted by atomic mass is 32.2. The smallest absolute Gasteiger partial charge is 0.251 e. The number of hydrogen-bond donors (Lipinski definition) is 1. The van der Waals surface area contributed by atoms with E-state index in [2.05, 4.69) is 24.1 Å². The van der Waals surface area contributed by atoms with Gasteiger partial charge in [0.1, 0.15) is 0 Å². The Balaban J connectivity index is 1.89. The topological polar surface area (TPSA) is 90.0 Å². The van der Waals surface area contributed by atoms with Crippen molar-refractivity contribution in [3.05, 3.63) is 29.8 Å². The lowest BCUT2D eigenvalue weighted by Crippen LogP contribution is -2.47. The molecule has 0 unspecified atom stereocenters. The summed E-state index contributed by atoms with van der Waals surface area (Å²) in [6.45, 7) is 9.03. The van der Waals surface area contributed by atoms with E-state index >= 15 is 0 Å². The van der Waals surface area contributed by atoms with Crippen molar-refractivity contribution < 1.29 is 18.0 Å². The molecule has 1 aromatic rings. The molecule has 0 radical (unpaired) electrons. The minimum Gasteiger partial charge on any atom is -0.352 e. The first-order valence-corrected chi connectivity index (χ1v) is 11.2. The van der Waals surface area contributed by atoms with Gasteiger partial charge >= 0.3 is 0 Å². The molecule has 0 aromatic heterocycles. The summed E-state index contributed by atoms with van der Waals surface area (Å²) in [6, 6.07) is 6.00. The Morgan fingerprint density at radius 2 is 1.71 bits per heavy atom. The summed E-state index contributed by atoms with van der Waals surface area (Å²) in [6.07, 6.45) is 1.60. The van der Waals surface area contributed by atoms with E-state index in [0.29, 0.717) is 25.2 Å². The molecule has 1 fully saturated rings. The molecule has 28 heavy (non-hydrogen) atoms.